The molecule has 1 aliphatic rings. The second kappa shape index (κ2) is 4.35. The summed E-state index contributed by atoms with van der Waals surface area (Å²) in [5.41, 5.74) is 0.759. The van der Waals surface area contributed by atoms with Crippen molar-refractivity contribution in [3.05, 3.63) is 29.3 Å². The molecule has 1 heterocycles. The van der Waals surface area contributed by atoms with Gasteiger partial charge in [-0.2, -0.15) is 0 Å². The van der Waals surface area contributed by atoms with E-state index in [2.05, 4.69) is 0 Å². The fraction of sp³-hybridized carbons (Fsp3) is 0.462. The maximum atomic E-state index is 10.9. The quantitative estimate of drug-likeness (QED) is 0.662. The molecule has 0 spiro atoms. The molecule has 0 saturated heterocycles. The summed E-state index contributed by atoms with van der Waals surface area (Å²) in [7, 11) is 1.44. The van der Waals surface area contributed by atoms with Crippen LogP contribution in [0.3, 0.4) is 0 Å². The molecule has 18 heavy (non-hydrogen) atoms. The molecule has 1 aliphatic heterocycles. The van der Waals surface area contributed by atoms with Crippen molar-refractivity contribution in [2.75, 3.05) is 7.05 Å². The van der Waals surface area contributed by atoms with Gasteiger partial charge in [0.1, 0.15) is 16.9 Å². The van der Waals surface area contributed by atoms with Gasteiger partial charge in [0, 0.05) is 19.0 Å². The van der Waals surface area contributed by atoms with Crippen LogP contribution in [0.4, 0.5) is 4.79 Å². The highest BCUT2D eigenvalue weighted by Gasteiger charge is 2.34. The minimum absolute atomic E-state index is 0.267. The van der Waals surface area contributed by atoms with E-state index >= 15 is 0 Å². The first-order chi connectivity index (χ1) is 8.32. The Kier molecular flexibility index (Phi) is 3.15. The van der Waals surface area contributed by atoms with E-state index in [1.807, 2.05) is 26.0 Å². The lowest BCUT2D eigenvalue weighted by Crippen LogP contribution is -2.28. The summed E-state index contributed by atoms with van der Waals surface area (Å²) in [5.74, 6) is 0.718. The number of benzene rings is 1. The largest absolute Gasteiger partial charge is 0.487 e. The highest BCUT2D eigenvalue weighted by atomic mass is 35.5. The molecule has 98 valence electrons. The van der Waals surface area contributed by atoms with E-state index in [1.165, 1.54) is 7.05 Å². The van der Waals surface area contributed by atoms with Gasteiger partial charge in [-0.15, -0.1) is 0 Å². The van der Waals surface area contributed by atoms with Gasteiger partial charge in [0.15, 0.2) is 0 Å². The lowest BCUT2D eigenvalue weighted by atomic mass is 10.0. The number of para-hydroxylation sites is 1. The van der Waals surface area contributed by atoms with E-state index in [1.54, 1.807) is 6.07 Å². The molecule has 0 radical (unpaired) electrons. The Balaban J connectivity index is 2.38. The Morgan fingerprint density at radius 3 is 2.83 bits per heavy atom. The predicted octanol–water partition coefficient (Wildman–Crippen LogP) is 3.25. The third kappa shape index (κ3) is 2.25. The van der Waals surface area contributed by atoms with Crippen molar-refractivity contribution in [3.63, 3.8) is 0 Å². The smallest absolute Gasteiger partial charge is 0.408 e. The van der Waals surface area contributed by atoms with Crippen molar-refractivity contribution < 1.29 is 14.6 Å². The van der Waals surface area contributed by atoms with Gasteiger partial charge in [0.2, 0.25) is 0 Å². The zero-order valence-electron chi connectivity index (χ0n) is 10.6. The van der Waals surface area contributed by atoms with Crippen LogP contribution in [0.5, 0.6) is 5.75 Å². The Hall–Kier alpha value is -1.42. The van der Waals surface area contributed by atoms with E-state index in [0.29, 0.717) is 5.56 Å². The maximum absolute atomic E-state index is 10.9. The van der Waals surface area contributed by atoms with Gasteiger partial charge < -0.3 is 9.84 Å². The number of alkyl halides is 1. The number of amides is 1. The summed E-state index contributed by atoms with van der Waals surface area (Å²) in [6.07, 6.45) is -0.263. The standard InChI is InChI=1S/C13H16ClNO3/c1-13(2)7-8-5-4-6-9(10(8)18-13)11(14)15(3)12(16)17/h4-6,11H,7H2,1-3H3,(H,16,17). The molecule has 4 nitrogen and oxygen atoms in total. The lowest BCUT2D eigenvalue weighted by molar-refractivity contribution is 0.133. The van der Waals surface area contributed by atoms with Crippen molar-refractivity contribution in [1.29, 1.82) is 0 Å². The van der Waals surface area contributed by atoms with E-state index in [0.717, 1.165) is 22.6 Å². The molecule has 2 rings (SSSR count). The Morgan fingerprint density at radius 2 is 2.22 bits per heavy atom. The summed E-state index contributed by atoms with van der Waals surface area (Å²) >= 11 is 6.19. The minimum atomic E-state index is -1.06. The van der Waals surface area contributed by atoms with Crippen molar-refractivity contribution in [3.8, 4) is 5.75 Å². The second-order valence-corrected chi connectivity index (χ2v) is 5.52. The first-order valence-electron chi connectivity index (χ1n) is 5.72. The monoisotopic (exact) mass is 269 g/mol. The van der Waals surface area contributed by atoms with Crippen LogP contribution in [0.15, 0.2) is 18.2 Å². The van der Waals surface area contributed by atoms with E-state index in [-0.39, 0.29) is 5.60 Å². The van der Waals surface area contributed by atoms with Crippen LogP contribution in [0.2, 0.25) is 0 Å². The predicted molar refractivity (Wildman–Crippen MR) is 69.2 cm³/mol. The van der Waals surface area contributed by atoms with Crippen LogP contribution < -0.4 is 4.74 Å². The molecular formula is C13H16ClNO3. The average Bonchev–Trinajstić information content (AvgIpc) is 2.60. The van der Waals surface area contributed by atoms with Gasteiger partial charge in [-0.1, -0.05) is 29.8 Å². The number of halogens is 1. The number of carbonyl (C=O) groups is 1. The first kappa shape index (κ1) is 13.0. The normalized spacial score (nSPS) is 17.8. The third-order valence-electron chi connectivity index (χ3n) is 3.02. The number of ether oxygens (including phenoxy) is 1. The van der Waals surface area contributed by atoms with Crippen molar-refractivity contribution >= 4 is 17.7 Å². The zero-order valence-corrected chi connectivity index (χ0v) is 11.4. The molecule has 0 fully saturated rings. The first-order valence-corrected chi connectivity index (χ1v) is 6.16. The fourth-order valence-corrected chi connectivity index (χ4v) is 2.39. The van der Waals surface area contributed by atoms with Gasteiger partial charge in [-0.3, -0.25) is 4.90 Å². The zero-order chi connectivity index (χ0) is 13.5. The topological polar surface area (TPSA) is 49.8 Å². The number of hydrogen-bond acceptors (Lipinski definition) is 2. The third-order valence-corrected chi connectivity index (χ3v) is 3.55. The molecule has 1 amide bonds. The molecule has 1 N–H and O–H groups in total. The SMILES string of the molecule is CN(C(=O)O)C(Cl)c1cccc2c1OC(C)(C)C2. The second-order valence-electron chi connectivity index (χ2n) is 5.10. The highest BCUT2D eigenvalue weighted by molar-refractivity contribution is 6.21. The summed E-state index contributed by atoms with van der Waals surface area (Å²) in [5, 5.41) is 8.97. The molecule has 0 saturated carbocycles. The molecule has 1 aromatic rings. The molecule has 1 unspecified atom stereocenters. The molecule has 0 bridgehead atoms. The van der Waals surface area contributed by atoms with Gasteiger partial charge in [-0.05, 0) is 19.4 Å². The van der Waals surface area contributed by atoms with E-state index in [9.17, 15) is 4.79 Å². The van der Waals surface area contributed by atoms with Gasteiger partial charge in [0.25, 0.3) is 0 Å². The minimum Gasteiger partial charge on any atom is -0.487 e. The Morgan fingerprint density at radius 1 is 1.56 bits per heavy atom. The Bertz CT molecular complexity index is 487. The number of fused-ring (bicyclic) bond motifs is 1. The molecule has 1 aromatic carbocycles. The molecular weight excluding hydrogens is 254 g/mol. The molecule has 5 heteroatoms. The summed E-state index contributed by atoms with van der Waals surface area (Å²) in [6, 6.07) is 5.67. The molecule has 0 aromatic heterocycles. The van der Waals surface area contributed by atoms with Crippen LogP contribution in [0, 0.1) is 0 Å². The van der Waals surface area contributed by atoms with Crippen LogP contribution >= 0.6 is 11.6 Å². The number of carboxylic acid groups (broad SMARTS) is 1. The summed E-state index contributed by atoms with van der Waals surface area (Å²) < 4.78 is 5.87. The van der Waals surface area contributed by atoms with Crippen LogP contribution in [0.25, 0.3) is 0 Å². The summed E-state index contributed by atoms with van der Waals surface area (Å²) in [6.45, 7) is 4.00. The van der Waals surface area contributed by atoms with Crippen LogP contribution in [-0.4, -0.2) is 28.7 Å². The van der Waals surface area contributed by atoms with Gasteiger partial charge in [0.05, 0.1) is 0 Å². The number of hydrogen-bond donors (Lipinski definition) is 1. The van der Waals surface area contributed by atoms with Crippen molar-refractivity contribution in [2.45, 2.75) is 31.4 Å². The van der Waals surface area contributed by atoms with Gasteiger partial charge >= 0.3 is 6.09 Å². The number of nitrogens with zero attached hydrogens (tertiary/aromatic N) is 1. The maximum Gasteiger partial charge on any atom is 0.408 e. The van der Waals surface area contributed by atoms with E-state index < -0.39 is 11.6 Å². The summed E-state index contributed by atoms with van der Waals surface area (Å²) in [4.78, 5) is 12.0. The van der Waals surface area contributed by atoms with E-state index in [4.69, 9.17) is 21.4 Å². The van der Waals surface area contributed by atoms with Crippen molar-refractivity contribution in [2.24, 2.45) is 0 Å². The highest BCUT2D eigenvalue weighted by Crippen LogP contribution is 2.42. The van der Waals surface area contributed by atoms with Crippen LogP contribution in [0.1, 0.15) is 30.5 Å². The van der Waals surface area contributed by atoms with Crippen molar-refractivity contribution in [1.82, 2.24) is 4.90 Å². The van der Waals surface area contributed by atoms with Gasteiger partial charge in [-0.25, -0.2) is 4.79 Å². The fourth-order valence-electron chi connectivity index (χ4n) is 2.13. The van der Waals surface area contributed by atoms with Crippen LogP contribution in [-0.2, 0) is 6.42 Å². The lowest BCUT2D eigenvalue weighted by Gasteiger charge is -2.23. The molecule has 0 aliphatic carbocycles. The average molecular weight is 270 g/mol. The Labute approximate surface area is 111 Å². The number of rotatable bonds is 2. The molecule has 1 atom stereocenters.